The van der Waals surface area contributed by atoms with Crippen LogP contribution >= 0.6 is 11.6 Å². The monoisotopic (exact) mass is 251 g/mol. The molecule has 1 heterocycles. The summed E-state index contributed by atoms with van der Waals surface area (Å²) in [5, 5.41) is 1.03. The van der Waals surface area contributed by atoms with Gasteiger partial charge in [0.25, 0.3) is 0 Å². The first-order valence-corrected chi connectivity index (χ1v) is 5.25. The van der Waals surface area contributed by atoms with E-state index in [1.54, 1.807) is 25.3 Å². The van der Waals surface area contributed by atoms with E-state index in [1.807, 2.05) is 0 Å². The molecule has 88 valence electrons. The Morgan fingerprint density at radius 1 is 1.35 bits per heavy atom. The Balaban J connectivity index is 2.64. The van der Waals surface area contributed by atoms with Crippen molar-refractivity contribution in [3.05, 3.63) is 35.0 Å². The van der Waals surface area contributed by atoms with E-state index in [2.05, 4.69) is 9.72 Å². The zero-order chi connectivity index (χ0) is 12.4. The molecule has 0 aliphatic rings. The fourth-order valence-corrected chi connectivity index (χ4v) is 1.80. The molecule has 5 heteroatoms. The fraction of sp³-hybridized carbons (Fsp3) is 0.167. The number of carbonyl (C=O) groups excluding carboxylic acids is 1. The number of pyridine rings is 1. The van der Waals surface area contributed by atoms with Crippen LogP contribution in [-0.4, -0.2) is 25.2 Å². The van der Waals surface area contributed by atoms with Gasteiger partial charge in [-0.25, -0.2) is 4.79 Å². The summed E-state index contributed by atoms with van der Waals surface area (Å²) in [5.74, 6) is 0.187. The Kier molecular flexibility index (Phi) is 3.15. The third-order valence-electron chi connectivity index (χ3n) is 2.42. The Labute approximate surface area is 103 Å². The largest absolute Gasteiger partial charge is 0.497 e. The second-order valence-corrected chi connectivity index (χ2v) is 3.74. The fourth-order valence-electron chi connectivity index (χ4n) is 1.52. The smallest absolute Gasteiger partial charge is 0.340 e. The van der Waals surface area contributed by atoms with Gasteiger partial charge in [0, 0.05) is 17.6 Å². The van der Waals surface area contributed by atoms with Crippen LogP contribution in [-0.2, 0) is 4.74 Å². The van der Waals surface area contributed by atoms with Gasteiger partial charge in [0.2, 0.25) is 0 Å². The van der Waals surface area contributed by atoms with Crippen molar-refractivity contribution in [3.8, 4) is 5.75 Å². The summed E-state index contributed by atoms with van der Waals surface area (Å²) < 4.78 is 9.71. The Morgan fingerprint density at radius 2 is 2.12 bits per heavy atom. The standard InChI is InChI=1S/C12H10ClNO3/c1-16-7-3-4-8-10(5-7)14-6-9(11(8)13)12(15)17-2/h3-6H,1-2H3. The van der Waals surface area contributed by atoms with Gasteiger partial charge in [-0.15, -0.1) is 0 Å². The lowest BCUT2D eigenvalue weighted by Gasteiger charge is -2.06. The maximum Gasteiger partial charge on any atom is 0.340 e. The molecule has 17 heavy (non-hydrogen) atoms. The minimum Gasteiger partial charge on any atom is -0.497 e. The molecule has 4 nitrogen and oxygen atoms in total. The summed E-state index contributed by atoms with van der Waals surface area (Å²) >= 11 is 6.13. The highest BCUT2D eigenvalue weighted by Crippen LogP contribution is 2.28. The molecule has 0 saturated heterocycles. The molecule has 0 spiro atoms. The minimum absolute atomic E-state index is 0.256. The van der Waals surface area contributed by atoms with Crippen molar-refractivity contribution in [2.45, 2.75) is 0 Å². The zero-order valence-corrected chi connectivity index (χ0v) is 10.1. The molecule has 0 aliphatic carbocycles. The van der Waals surface area contributed by atoms with E-state index in [1.165, 1.54) is 13.3 Å². The average Bonchev–Trinajstić information content (AvgIpc) is 2.38. The van der Waals surface area contributed by atoms with Crippen LogP contribution in [0.15, 0.2) is 24.4 Å². The number of fused-ring (bicyclic) bond motifs is 1. The lowest BCUT2D eigenvalue weighted by molar-refractivity contribution is 0.0600. The number of hydrogen-bond acceptors (Lipinski definition) is 4. The lowest BCUT2D eigenvalue weighted by Crippen LogP contribution is -2.03. The van der Waals surface area contributed by atoms with E-state index in [0.29, 0.717) is 21.7 Å². The third kappa shape index (κ3) is 2.03. The van der Waals surface area contributed by atoms with Crippen LogP contribution in [0.2, 0.25) is 5.02 Å². The molecular formula is C12H10ClNO3. The SMILES string of the molecule is COC(=O)c1cnc2cc(OC)ccc2c1Cl. The molecule has 0 radical (unpaired) electrons. The first kappa shape index (κ1) is 11.7. The maximum absolute atomic E-state index is 11.4. The van der Waals surface area contributed by atoms with E-state index in [9.17, 15) is 4.79 Å². The van der Waals surface area contributed by atoms with Crippen LogP contribution in [0.25, 0.3) is 10.9 Å². The molecule has 0 fully saturated rings. The van der Waals surface area contributed by atoms with Crippen LogP contribution in [0, 0.1) is 0 Å². The molecule has 0 atom stereocenters. The van der Waals surface area contributed by atoms with Gasteiger partial charge < -0.3 is 9.47 Å². The Morgan fingerprint density at radius 3 is 2.76 bits per heavy atom. The summed E-state index contributed by atoms with van der Waals surface area (Å²) in [4.78, 5) is 15.6. The molecule has 0 amide bonds. The number of aromatic nitrogens is 1. The van der Waals surface area contributed by atoms with Crippen LogP contribution in [0.3, 0.4) is 0 Å². The lowest BCUT2D eigenvalue weighted by atomic mass is 10.1. The highest BCUT2D eigenvalue weighted by molar-refractivity contribution is 6.38. The molecule has 1 aromatic heterocycles. The van der Waals surface area contributed by atoms with E-state index >= 15 is 0 Å². The van der Waals surface area contributed by atoms with Crippen LogP contribution in [0.4, 0.5) is 0 Å². The molecule has 0 aliphatic heterocycles. The van der Waals surface area contributed by atoms with Crippen LogP contribution < -0.4 is 4.74 Å². The van der Waals surface area contributed by atoms with Crippen molar-refractivity contribution in [3.63, 3.8) is 0 Å². The Hall–Kier alpha value is -1.81. The second-order valence-electron chi connectivity index (χ2n) is 3.36. The number of halogens is 1. The predicted octanol–water partition coefficient (Wildman–Crippen LogP) is 2.68. The van der Waals surface area contributed by atoms with Gasteiger partial charge in [-0.05, 0) is 12.1 Å². The van der Waals surface area contributed by atoms with Gasteiger partial charge >= 0.3 is 5.97 Å². The summed E-state index contributed by atoms with van der Waals surface area (Å²) in [6.07, 6.45) is 1.40. The van der Waals surface area contributed by atoms with Crippen LogP contribution in [0.1, 0.15) is 10.4 Å². The molecule has 2 aromatic rings. The van der Waals surface area contributed by atoms with Gasteiger partial charge in [0.1, 0.15) is 5.75 Å². The zero-order valence-electron chi connectivity index (χ0n) is 9.36. The highest BCUT2D eigenvalue weighted by atomic mass is 35.5. The van der Waals surface area contributed by atoms with Gasteiger partial charge in [0.15, 0.2) is 0 Å². The number of esters is 1. The number of rotatable bonds is 2. The molecule has 2 rings (SSSR count). The summed E-state index contributed by atoms with van der Waals surface area (Å²) in [7, 11) is 2.88. The van der Waals surface area contributed by atoms with E-state index in [0.717, 1.165) is 0 Å². The van der Waals surface area contributed by atoms with Crippen molar-refractivity contribution >= 4 is 28.5 Å². The van der Waals surface area contributed by atoms with Gasteiger partial charge in [-0.1, -0.05) is 11.6 Å². The van der Waals surface area contributed by atoms with Crippen molar-refractivity contribution in [2.75, 3.05) is 14.2 Å². The number of ether oxygens (including phenoxy) is 2. The number of benzene rings is 1. The molecule has 0 N–H and O–H groups in total. The van der Waals surface area contributed by atoms with Gasteiger partial charge in [-0.2, -0.15) is 0 Å². The van der Waals surface area contributed by atoms with Crippen molar-refractivity contribution < 1.29 is 14.3 Å². The number of carbonyl (C=O) groups is 1. The maximum atomic E-state index is 11.4. The predicted molar refractivity (Wildman–Crippen MR) is 64.6 cm³/mol. The molecule has 0 saturated carbocycles. The summed E-state index contributed by atoms with van der Waals surface area (Å²) in [6, 6.07) is 5.27. The van der Waals surface area contributed by atoms with E-state index in [4.69, 9.17) is 16.3 Å². The number of nitrogens with zero attached hydrogens (tertiary/aromatic N) is 1. The summed E-state index contributed by atoms with van der Waals surface area (Å²) in [5.41, 5.74) is 0.925. The minimum atomic E-state index is -0.500. The van der Waals surface area contributed by atoms with Crippen molar-refractivity contribution in [1.82, 2.24) is 4.98 Å². The van der Waals surface area contributed by atoms with E-state index < -0.39 is 5.97 Å². The first-order chi connectivity index (χ1) is 8.17. The number of hydrogen-bond donors (Lipinski definition) is 0. The molecule has 0 unspecified atom stereocenters. The quantitative estimate of drug-likeness (QED) is 0.770. The van der Waals surface area contributed by atoms with Crippen molar-refractivity contribution in [2.24, 2.45) is 0 Å². The van der Waals surface area contributed by atoms with E-state index in [-0.39, 0.29) is 5.56 Å². The average molecular weight is 252 g/mol. The van der Waals surface area contributed by atoms with Crippen molar-refractivity contribution in [1.29, 1.82) is 0 Å². The molecule has 0 bridgehead atoms. The highest BCUT2D eigenvalue weighted by Gasteiger charge is 2.14. The third-order valence-corrected chi connectivity index (χ3v) is 2.82. The molecule has 1 aromatic carbocycles. The second kappa shape index (κ2) is 4.59. The first-order valence-electron chi connectivity index (χ1n) is 4.88. The normalized spacial score (nSPS) is 10.3. The Bertz CT molecular complexity index is 583. The summed E-state index contributed by atoms with van der Waals surface area (Å²) in [6.45, 7) is 0. The van der Waals surface area contributed by atoms with Crippen LogP contribution in [0.5, 0.6) is 5.75 Å². The topological polar surface area (TPSA) is 48.4 Å². The van der Waals surface area contributed by atoms with Gasteiger partial charge in [0.05, 0.1) is 30.3 Å². The molecular weight excluding hydrogens is 242 g/mol. The van der Waals surface area contributed by atoms with Gasteiger partial charge in [-0.3, -0.25) is 4.98 Å². The number of methoxy groups -OCH3 is 2.